The minimum Gasteiger partial charge on any atom is -0.123 e. The summed E-state index contributed by atoms with van der Waals surface area (Å²) < 4.78 is 0. The van der Waals surface area contributed by atoms with Gasteiger partial charge in [-0.1, -0.05) is 48.5 Å². The van der Waals surface area contributed by atoms with Crippen molar-refractivity contribution in [3.05, 3.63) is 48.5 Å². The minimum absolute atomic E-state index is 0. The SMILES string of the molecule is [LiH].c1ccc2c(c1)[pH]c1ccccc12. The summed E-state index contributed by atoms with van der Waals surface area (Å²) in [5, 5.41) is 5.83. The third kappa shape index (κ3) is 1.41. The van der Waals surface area contributed by atoms with Gasteiger partial charge in [0.15, 0.2) is 0 Å². The Balaban J connectivity index is 0.000000750. The molecule has 0 unspecified atom stereocenters. The molecule has 14 heavy (non-hydrogen) atoms. The van der Waals surface area contributed by atoms with Gasteiger partial charge in [0.05, 0.1) is 0 Å². The van der Waals surface area contributed by atoms with Crippen molar-refractivity contribution in [3.8, 4) is 0 Å². The number of hydrogen-bond donors (Lipinski definition) is 0. The van der Waals surface area contributed by atoms with Crippen molar-refractivity contribution in [3.63, 3.8) is 0 Å². The van der Waals surface area contributed by atoms with Crippen LogP contribution in [0.4, 0.5) is 0 Å². The van der Waals surface area contributed by atoms with Crippen molar-refractivity contribution in [1.82, 2.24) is 0 Å². The Labute approximate surface area is 96.6 Å². The van der Waals surface area contributed by atoms with Gasteiger partial charge in [-0.05, 0) is 21.0 Å². The molecule has 0 radical (unpaired) electrons. The van der Waals surface area contributed by atoms with Crippen molar-refractivity contribution in [2.24, 2.45) is 0 Å². The fraction of sp³-hybridized carbons (Fsp3) is 0. The zero-order valence-electron chi connectivity index (χ0n) is 7.12. The summed E-state index contributed by atoms with van der Waals surface area (Å²) in [6.07, 6.45) is 0. The van der Waals surface area contributed by atoms with Gasteiger partial charge in [0, 0.05) is 0 Å². The Kier molecular flexibility index (Phi) is 2.70. The van der Waals surface area contributed by atoms with E-state index in [0.717, 1.165) is 8.19 Å². The number of rotatable bonds is 0. The van der Waals surface area contributed by atoms with E-state index < -0.39 is 0 Å². The summed E-state index contributed by atoms with van der Waals surface area (Å²) in [7, 11) is 0.851. The molecule has 0 atom stereocenters. The molecule has 3 rings (SSSR count). The molecule has 0 spiro atoms. The zero-order chi connectivity index (χ0) is 8.67. The normalized spacial score (nSPS) is 10.3. The van der Waals surface area contributed by atoms with E-state index in [9.17, 15) is 0 Å². The van der Waals surface area contributed by atoms with Crippen molar-refractivity contribution in [1.29, 1.82) is 0 Å². The second-order valence-corrected chi connectivity index (χ2v) is 4.54. The van der Waals surface area contributed by atoms with Crippen LogP contribution in [0.5, 0.6) is 0 Å². The molecule has 0 saturated carbocycles. The van der Waals surface area contributed by atoms with E-state index in [0.29, 0.717) is 0 Å². The van der Waals surface area contributed by atoms with Gasteiger partial charge in [0.2, 0.25) is 0 Å². The fourth-order valence-corrected chi connectivity index (χ4v) is 3.15. The molecular weight excluding hydrogens is 182 g/mol. The molecule has 0 aliphatic heterocycles. The first-order valence-electron chi connectivity index (χ1n) is 4.40. The summed E-state index contributed by atoms with van der Waals surface area (Å²) in [5.74, 6) is 0. The van der Waals surface area contributed by atoms with Crippen molar-refractivity contribution >= 4 is 48.1 Å². The van der Waals surface area contributed by atoms with E-state index in [-0.39, 0.29) is 18.9 Å². The van der Waals surface area contributed by atoms with Gasteiger partial charge in [-0.15, -0.1) is 8.19 Å². The summed E-state index contributed by atoms with van der Waals surface area (Å²) in [6, 6.07) is 17.4. The number of fused-ring (bicyclic) bond motifs is 3. The second-order valence-electron chi connectivity index (χ2n) is 3.22. The van der Waals surface area contributed by atoms with Crippen LogP contribution in [0, 0.1) is 0 Å². The third-order valence-electron chi connectivity index (χ3n) is 2.41. The largest absolute Gasteiger partial charge is 0.123 e. The Morgan fingerprint density at radius 1 is 0.643 bits per heavy atom. The van der Waals surface area contributed by atoms with E-state index in [1.165, 1.54) is 21.0 Å². The molecule has 0 bridgehead atoms. The molecule has 1 heterocycles. The first kappa shape index (κ1) is 9.88. The molecule has 0 aliphatic carbocycles. The predicted molar refractivity (Wildman–Crippen MR) is 68.1 cm³/mol. The van der Waals surface area contributed by atoms with Crippen LogP contribution in [0.3, 0.4) is 0 Å². The maximum absolute atomic E-state index is 2.23. The van der Waals surface area contributed by atoms with Gasteiger partial charge in [-0.2, -0.15) is 0 Å². The van der Waals surface area contributed by atoms with Gasteiger partial charge < -0.3 is 0 Å². The van der Waals surface area contributed by atoms with Gasteiger partial charge in [-0.3, -0.25) is 0 Å². The average molecular weight is 192 g/mol. The number of benzene rings is 2. The van der Waals surface area contributed by atoms with Crippen molar-refractivity contribution in [2.45, 2.75) is 0 Å². The molecule has 0 aliphatic rings. The van der Waals surface area contributed by atoms with Crippen LogP contribution in [-0.2, 0) is 0 Å². The molecule has 3 aromatic rings. The fourth-order valence-electron chi connectivity index (χ4n) is 1.80. The summed E-state index contributed by atoms with van der Waals surface area (Å²) in [5.41, 5.74) is 0. The molecule has 0 N–H and O–H groups in total. The molecule has 0 saturated heterocycles. The van der Waals surface area contributed by atoms with E-state index >= 15 is 0 Å². The topological polar surface area (TPSA) is 0 Å². The van der Waals surface area contributed by atoms with Crippen LogP contribution >= 0.6 is 8.19 Å². The van der Waals surface area contributed by atoms with Gasteiger partial charge in [0.1, 0.15) is 0 Å². The molecule has 2 heteroatoms. The van der Waals surface area contributed by atoms with Crippen LogP contribution in [0.2, 0.25) is 0 Å². The molecule has 0 amide bonds. The summed E-state index contributed by atoms with van der Waals surface area (Å²) in [6.45, 7) is 0. The van der Waals surface area contributed by atoms with Gasteiger partial charge in [-0.25, -0.2) is 0 Å². The Morgan fingerprint density at radius 3 is 1.57 bits per heavy atom. The van der Waals surface area contributed by atoms with E-state index in [4.69, 9.17) is 0 Å². The summed E-state index contributed by atoms with van der Waals surface area (Å²) in [4.78, 5) is 0. The third-order valence-corrected chi connectivity index (χ3v) is 3.82. The summed E-state index contributed by atoms with van der Waals surface area (Å²) >= 11 is 0. The van der Waals surface area contributed by atoms with E-state index in [1.807, 2.05) is 0 Å². The van der Waals surface area contributed by atoms with Crippen molar-refractivity contribution in [2.75, 3.05) is 0 Å². The molecular formula is C12H10LiP. The molecule has 0 fully saturated rings. The van der Waals surface area contributed by atoms with Gasteiger partial charge >= 0.3 is 18.9 Å². The molecule has 2 aromatic carbocycles. The van der Waals surface area contributed by atoms with Crippen molar-refractivity contribution < 1.29 is 0 Å². The monoisotopic (exact) mass is 192 g/mol. The standard InChI is InChI=1S/C12H9P.Li.H/c1-3-7-11-9(5-1)10-6-2-4-8-12(10)13-11;;/h1-8,13H;;. The second kappa shape index (κ2) is 3.83. The zero-order valence-corrected chi connectivity index (χ0v) is 8.12. The van der Waals surface area contributed by atoms with Gasteiger partial charge in [0.25, 0.3) is 0 Å². The smallest absolute Gasteiger partial charge is 0.000604 e. The van der Waals surface area contributed by atoms with Crippen LogP contribution in [-0.4, -0.2) is 18.9 Å². The Hall–Kier alpha value is -0.663. The van der Waals surface area contributed by atoms with Crippen LogP contribution in [0.25, 0.3) is 21.0 Å². The molecule has 0 nitrogen and oxygen atoms in total. The predicted octanol–water partition coefficient (Wildman–Crippen LogP) is 3.38. The van der Waals surface area contributed by atoms with E-state index in [2.05, 4.69) is 48.5 Å². The Morgan fingerprint density at radius 2 is 1.07 bits per heavy atom. The molecule has 1 aromatic heterocycles. The van der Waals surface area contributed by atoms with Crippen LogP contribution < -0.4 is 0 Å². The van der Waals surface area contributed by atoms with Crippen LogP contribution in [0.15, 0.2) is 48.5 Å². The number of hydrogen-bond acceptors (Lipinski definition) is 0. The maximum Gasteiger partial charge on any atom is -0.000604 e. The average Bonchev–Trinajstić information content (AvgIpc) is 2.56. The van der Waals surface area contributed by atoms with E-state index in [1.54, 1.807) is 0 Å². The first-order chi connectivity index (χ1) is 6.45. The van der Waals surface area contributed by atoms with Crippen LogP contribution in [0.1, 0.15) is 0 Å². The molecule has 64 valence electrons. The quantitative estimate of drug-likeness (QED) is 0.479. The first-order valence-corrected chi connectivity index (χ1v) is 5.40. The Bertz CT molecular complexity index is 518. The maximum atomic E-state index is 2.23. The minimum atomic E-state index is 0.